The van der Waals surface area contributed by atoms with E-state index in [-0.39, 0.29) is 5.91 Å². The molecule has 132 valence electrons. The molecule has 1 amide bonds. The van der Waals surface area contributed by atoms with Crippen molar-refractivity contribution in [3.05, 3.63) is 41.5 Å². The average molecular weight is 358 g/mol. The molecule has 0 aliphatic carbocycles. The predicted octanol–water partition coefficient (Wildman–Crippen LogP) is 2.64. The molecule has 2 saturated heterocycles. The second kappa shape index (κ2) is 7.17. The number of thioether (sulfide) groups is 1. The minimum atomic E-state index is 0.124. The van der Waals surface area contributed by atoms with E-state index in [2.05, 4.69) is 15.5 Å². The third-order valence-corrected chi connectivity index (χ3v) is 5.91. The van der Waals surface area contributed by atoms with Crippen LogP contribution in [0.3, 0.4) is 0 Å². The zero-order chi connectivity index (χ0) is 17.2. The number of hydrogen-bond acceptors (Lipinski definition) is 6. The van der Waals surface area contributed by atoms with E-state index in [0.717, 1.165) is 30.0 Å². The van der Waals surface area contributed by atoms with Gasteiger partial charge in [-0.05, 0) is 38.3 Å². The van der Waals surface area contributed by atoms with Gasteiger partial charge in [-0.2, -0.15) is 4.98 Å². The van der Waals surface area contributed by atoms with Gasteiger partial charge < -0.3 is 14.7 Å². The number of hydrogen-bond donors (Lipinski definition) is 1. The van der Waals surface area contributed by atoms with Gasteiger partial charge in [-0.25, -0.2) is 0 Å². The van der Waals surface area contributed by atoms with E-state index in [9.17, 15) is 4.79 Å². The first kappa shape index (κ1) is 16.6. The van der Waals surface area contributed by atoms with Crippen molar-refractivity contribution in [3.63, 3.8) is 0 Å². The molecule has 1 N–H and O–H groups in total. The van der Waals surface area contributed by atoms with Crippen molar-refractivity contribution >= 4 is 17.7 Å². The van der Waals surface area contributed by atoms with E-state index >= 15 is 0 Å². The van der Waals surface area contributed by atoms with Gasteiger partial charge in [0.05, 0.1) is 11.3 Å². The Hall–Kier alpha value is -1.86. The quantitative estimate of drug-likeness (QED) is 0.847. The van der Waals surface area contributed by atoms with Crippen molar-refractivity contribution in [3.8, 4) is 0 Å². The monoisotopic (exact) mass is 358 g/mol. The first-order chi connectivity index (χ1) is 12.2. The highest BCUT2D eigenvalue weighted by molar-refractivity contribution is 7.98. The zero-order valence-electron chi connectivity index (χ0n) is 14.3. The molecule has 0 saturated carbocycles. The number of nitrogens with zero attached hydrogens (tertiary/aromatic N) is 3. The summed E-state index contributed by atoms with van der Waals surface area (Å²) in [5, 5.41) is 7.44. The molecule has 0 spiro atoms. The standard InChI is InChI=1S/C18H22N4O2S/c1-12-19-17(24-21-12)11-25-16-5-3-2-4-15(16)18(23)22-9-8-13-6-7-14(10-22)20-13/h2-5,13-14,20H,6-11H2,1H3. The van der Waals surface area contributed by atoms with Crippen LogP contribution < -0.4 is 5.32 Å². The molecular weight excluding hydrogens is 336 g/mol. The largest absolute Gasteiger partial charge is 0.338 e. The molecule has 2 fully saturated rings. The van der Waals surface area contributed by atoms with Crippen molar-refractivity contribution in [1.29, 1.82) is 0 Å². The minimum absolute atomic E-state index is 0.124. The number of fused-ring (bicyclic) bond motifs is 2. The Morgan fingerprint density at radius 3 is 3.00 bits per heavy atom. The van der Waals surface area contributed by atoms with Crippen molar-refractivity contribution in [2.75, 3.05) is 13.1 Å². The fraction of sp³-hybridized carbons (Fsp3) is 0.500. The van der Waals surface area contributed by atoms with Crippen LogP contribution in [0.4, 0.5) is 0 Å². The lowest BCUT2D eigenvalue weighted by atomic mass is 10.1. The molecule has 0 radical (unpaired) electrons. The summed E-state index contributed by atoms with van der Waals surface area (Å²) in [6.07, 6.45) is 3.45. The normalized spacial score (nSPS) is 22.8. The molecule has 7 heteroatoms. The summed E-state index contributed by atoms with van der Waals surface area (Å²) < 4.78 is 5.17. The van der Waals surface area contributed by atoms with Crippen LogP contribution in [-0.2, 0) is 5.75 Å². The number of aromatic nitrogens is 2. The number of likely N-dealkylation sites (tertiary alicyclic amines) is 1. The molecule has 4 rings (SSSR count). The third kappa shape index (κ3) is 3.72. The molecule has 6 nitrogen and oxygen atoms in total. The number of amides is 1. The smallest absolute Gasteiger partial charge is 0.255 e. The Morgan fingerprint density at radius 1 is 1.32 bits per heavy atom. The number of aryl methyl sites for hydroxylation is 1. The van der Waals surface area contributed by atoms with Crippen molar-refractivity contribution < 1.29 is 9.32 Å². The van der Waals surface area contributed by atoms with Gasteiger partial charge in [0.2, 0.25) is 5.89 Å². The minimum Gasteiger partial charge on any atom is -0.338 e. The van der Waals surface area contributed by atoms with Crippen molar-refractivity contribution in [2.45, 2.75) is 48.9 Å². The lowest BCUT2D eigenvalue weighted by Crippen LogP contribution is -2.39. The number of benzene rings is 1. The summed E-state index contributed by atoms with van der Waals surface area (Å²) in [4.78, 5) is 20.3. The molecule has 2 bridgehead atoms. The molecule has 1 aromatic carbocycles. The zero-order valence-corrected chi connectivity index (χ0v) is 15.1. The maximum Gasteiger partial charge on any atom is 0.255 e. The number of carbonyl (C=O) groups excluding carboxylic acids is 1. The maximum absolute atomic E-state index is 13.1. The van der Waals surface area contributed by atoms with Crippen LogP contribution in [-0.4, -0.2) is 46.1 Å². The van der Waals surface area contributed by atoms with E-state index in [4.69, 9.17) is 4.52 Å². The average Bonchev–Trinajstić information content (AvgIpc) is 3.17. The van der Waals surface area contributed by atoms with Crippen LogP contribution in [0.1, 0.15) is 41.3 Å². The Bertz CT molecular complexity index is 763. The molecule has 2 atom stereocenters. The Balaban J connectivity index is 1.48. The Kier molecular flexibility index (Phi) is 4.76. The van der Waals surface area contributed by atoms with E-state index < -0.39 is 0 Å². The van der Waals surface area contributed by atoms with Crippen molar-refractivity contribution in [2.24, 2.45) is 0 Å². The highest BCUT2D eigenvalue weighted by atomic mass is 32.2. The predicted molar refractivity (Wildman–Crippen MR) is 95.5 cm³/mol. The Morgan fingerprint density at radius 2 is 2.16 bits per heavy atom. The SMILES string of the molecule is Cc1noc(CSc2ccccc2C(=O)N2CCC3CCC(C2)N3)n1. The lowest BCUT2D eigenvalue weighted by molar-refractivity contribution is 0.0744. The topological polar surface area (TPSA) is 71.3 Å². The maximum atomic E-state index is 13.1. The van der Waals surface area contributed by atoms with Gasteiger partial charge in [-0.15, -0.1) is 11.8 Å². The summed E-state index contributed by atoms with van der Waals surface area (Å²) in [7, 11) is 0. The molecule has 2 aliphatic heterocycles. The first-order valence-corrected chi connectivity index (χ1v) is 9.74. The molecule has 1 aromatic heterocycles. The summed E-state index contributed by atoms with van der Waals surface area (Å²) in [6.45, 7) is 3.43. The molecule has 2 aliphatic rings. The summed E-state index contributed by atoms with van der Waals surface area (Å²) >= 11 is 1.57. The Labute approximate surface area is 151 Å². The van der Waals surface area contributed by atoms with Crippen LogP contribution in [0, 0.1) is 6.92 Å². The highest BCUT2D eigenvalue weighted by Crippen LogP contribution is 2.28. The van der Waals surface area contributed by atoms with E-state index in [1.165, 1.54) is 12.8 Å². The lowest BCUT2D eigenvalue weighted by Gasteiger charge is -2.25. The second-order valence-corrected chi connectivity index (χ2v) is 7.72. The van der Waals surface area contributed by atoms with E-state index in [1.807, 2.05) is 29.2 Å². The van der Waals surface area contributed by atoms with E-state index in [0.29, 0.717) is 29.6 Å². The molecular formula is C18H22N4O2S. The van der Waals surface area contributed by atoms with Gasteiger partial charge >= 0.3 is 0 Å². The molecule has 3 heterocycles. The van der Waals surface area contributed by atoms with Crippen LogP contribution in [0.5, 0.6) is 0 Å². The van der Waals surface area contributed by atoms with Crippen LogP contribution in [0.2, 0.25) is 0 Å². The third-order valence-electron chi connectivity index (χ3n) is 4.85. The first-order valence-electron chi connectivity index (χ1n) is 8.75. The summed E-state index contributed by atoms with van der Waals surface area (Å²) in [5.41, 5.74) is 0.765. The van der Waals surface area contributed by atoms with Gasteiger partial charge in [-0.3, -0.25) is 4.79 Å². The fourth-order valence-electron chi connectivity index (χ4n) is 3.61. The van der Waals surface area contributed by atoms with Crippen LogP contribution in [0.15, 0.2) is 33.7 Å². The van der Waals surface area contributed by atoms with Gasteiger partial charge in [0.15, 0.2) is 5.82 Å². The molecule has 2 unspecified atom stereocenters. The number of rotatable bonds is 4. The number of carbonyl (C=O) groups is 1. The van der Waals surface area contributed by atoms with Gasteiger partial charge in [0, 0.05) is 30.1 Å². The van der Waals surface area contributed by atoms with E-state index in [1.54, 1.807) is 18.7 Å². The van der Waals surface area contributed by atoms with Crippen LogP contribution in [0.25, 0.3) is 0 Å². The van der Waals surface area contributed by atoms with Gasteiger partial charge in [0.25, 0.3) is 5.91 Å². The van der Waals surface area contributed by atoms with Gasteiger partial charge in [-0.1, -0.05) is 17.3 Å². The van der Waals surface area contributed by atoms with Crippen molar-refractivity contribution in [1.82, 2.24) is 20.4 Å². The van der Waals surface area contributed by atoms with Crippen LogP contribution >= 0.6 is 11.8 Å². The molecule has 2 aromatic rings. The molecule has 25 heavy (non-hydrogen) atoms. The fourth-order valence-corrected chi connectivity index (χ4v) is 4.49. The second-order valence-electron chi connectivity index (χ2n) is 6.70. The summed E-state index contributed by atoms with van der Waals surface area (Å²) in [5.74, 6) is 1.91. The number of nitrogens with one attached hydrogen (secondary N) is 1. The summed E-state index contributed by atoms with van der Waals surface area (Å²) in [6, 6.07) is 8.82. The highest BCUT2D eigenvalue weighted by Gasteiger charge is 2.32. The van der Waals surface area contributed by atoms with Gasteiger partial charge in [0.1, 0.15) is 0 Å².